The standard InChI is InChI=1S/C17H22N2O3/c20-15-3-1-9-18(12-15)17(22)11-13-5-7-14(8-6-13)19-10-2-4-16(19)21/h5-8,15,20H,1-4,9-12H2. The minimum Gasteiger partial charge on any atom is -0.391 e. The molecule has 0 saturated carbocycles. The number of hydrogen-bond acceptors (Lipinski definition) is 3. The van der Waals surface area contributed by atoms with Crippen LogP contribution in [0.2, 0.25) is 0 Å². The number of nitrogens with zero attached hydrogens (tertiary/aromatic N) is 2. The van der Waals surface area contributed by atoms with Crippen LogP contribution in [0.25, 0.3) is 0 Å². The quantitative estimate of drug-likeness (QED) is 0.916. The maximum atomic E-state index is 12.3. The molecule has 5 heteroatoms. The van der Waals surface area contributed by atoms with Crippen LogP contribution in [0.3, 0.4) is 0 Å². The highest BCUT2D eigenvalue weighted by Crippen LogP contribution is 2.22. The molecule has 0 spiro atoms. The second-order valence-electron chi connectivity index (χ2n) is 6.13. The normalized spacial score (nSPS) is 22.2. The van der Waals surface area contributed by atoms with Gasteiger partial charge in [-0.1, -0.05) is 12.1 Å². The lowest BCUT2D eigenvalue weighted by Gasteiger charge is -2.30. The molecular weight excluding hydrogens is 280 g/mol. The summed E-state index contributed by atoms with van der Waals surface area (Å²) in [6.45, 7) is 1.96. The van der Waals surface area contributed by atoms with Gasteiger partial charge in [-0.3, -0.25) is 9.59 Å². The van der Waals surface area contributed by atoms with Gasteiger partial charge in [0.2, 0.25) is 11.8 Å². The Bertz CT molecular complexity index is 556. The van der Waals surface area contributed by atoms with Crippen molar-refractivity contribution in [3.05, 3.63) is 29.8 Å². The smallest absolute Gasteiger partial charge is 0.227 e. The van der Waals surface area contributed by atoms with Crippen LogP contribution in [0.5, 0.6) is 0 Å². The van der Waals surface area contributed by atoms with E-state index in [4.69, 9.17) is 0 Å². The van der Waals surface area contributed by atoms with E-state index < -0.39 is 0 Å². The van der Waals surface area contributed by atoms with Gasteiger partial charge >= 0.3 is 0 Å². The molecule has 1 aromatic carbocycles. The Hall–Kier alpha value is -1.88. The average Bonchev–Trinajstić information content (AvgIpc) is 2.94. The summed E-state index contributed by atoms with van der Waals surface area (Å²) in [5, 5.41) is 9.65. The molecule has 1 aromatic rings. The van der Waals surface area contributed by atoms with Gasteiger partial charge in [-0.15, -0.1) is 0 Å². The zero-order valence-electron chi connectivity index (χ0n) is 12.7. The molecule has 2 amide bonds. The second kappa shape index (κ2) is 6.48. The van der Waals surface area contributed by atoms with Gasteiger partial charge in [-0.2, -0.15) is 0 Å². The number of β-amino-alcohol motifs (C(OH)–C–C–N with tert-alkyl or cyclic N) is 1. The lowest BCUT2D eigenvalue weighted by atomic mass is 10.1. The second-order valence-corrected chi connectivity index (χ2v) is 6.13. The Morgan fingerprint density at radius 3 is 2.59 bits per heavy atom. The van der Waals surface area contributed by atoms with Crippen molar-refractivity contribution in [2.75, 3.05) is 24.5 Å². The van der Waals surface area contributed by atoms with E-state index in [1.165, 1.54) is 0 Å². The Morgan fingerprint density at radius 2 is 1.95 bits per heavy atom. The van der Waals surface area contributed by atoms with E-state index in [2.05, 4.69) is 0 Å². The molecule has 2 aliphatic rings. The Balaban J connectivity index is 1.61. The van der Waals surface area contributed by atoms with Gasteiger partial charge < -0.3 is 14.9 Å². The number of anilines is 1. The zero-order valence-corrected chi connectivity index (χ0v) is 12.7. The van der Waals surface area contributed by atoms with Gasteiger partial charge in [-0.25, -0.2) is 0 Å². The molecule has 1 unspecified atom stereocenters. The van der Waals surface area contributed by atoms with E-state index in [0.29, 0.717) is 19.4 Å². The Labute approximate surface area is 130 Å². The fraction of sp³-hybridized carbons (Fsp3) is 0.529. The van der Waals surface area contributed by atoms with Crippen LogP contribution in [0.4, 0.5) is 5.69 Å². The minimum absolute atomic E-state index is 0.0590. The van der Waals surface area contributed by atoms with Crippen LogP contribution < -0.4 is 4.90 Å². The van der Waals surface area contributed by atoms with Crippen LogP contribution in [-0.2, 0) is 16.0 Å². The van der Waals surface area contributed by atoms with Crippen LogP contribution >= 0.6 is 0 Å². The van der Waals surface area contributed by atoms with Gasteiger partial charge in [0.05, 0.1) is 12.5 Å². The average molecular weight is 302 g/mol. The number of hydrogen-bond donors (Lipinski definition) is 1. The molecule has 1 atom stereocenters. The molecule has 2 heterocycles. The van der Waals surface area contributed by atoms with Crippen molar-refractivity contribution < 1.29 is 14.7 Å². The van der Waals surface area contributed by atoms with Crippen LogP contribution in [0.1, 0.15) is 31.2 Å². The molecule has 0 bridgehead atoms. The number of aliphatic hydroxyl groups is 1. The summed E-state index contributed by atoms with van der Waals surface area (Å²) in [6.07, 6.45) is 3.14. The summed E-state index contributed by atoms with van der Waals surface area (Å²) in [6, 6.07) is 7.66. The third-order valence-corrected chi connectivity index (χ3v) is 4.43. The van der Waals surface area contributed by atoms with Crippen molar-refractivity contribution in [2.45, 2.75) is 38.2 Å². The monoisotopic (exact) mass is 302 g/mol. The molecule has 0 radical (unpaired) electrons. The number of aliphatic hydroxyl groups excluding tert-OH is 1. The van der Waals surface area contributed by atoms with Gasteiger partial charge in [0, 0.05) is 31.7 Å². The van der Waals surface area contributed by atoms with E-state index >= 15 is 0 Å². The molecule has 22 heavy (non-hydrogen) atoms. The number of carbonyl (C=O) groups is 2. The SMILES string of the molecule is O=C(Cc1ccc(N2CCCC2=O)cc1)N1CCCC(O)C1. The van der Waals surface area contributed by atoms with Gasteiger partial charge in [-0.05, 0) is 37.0 Å². The first-order valence-electron chi connectivity index (χ1n) is 7.98. The summed E-state index contributed by atoms with van der Waals surface area (Å²) >= 11 is 0. The molecule has 2 aliphatic heterocycles. The van der Waals surface area contributed by atoms with Gasteiger partial charge in [0.15, 0.2) is 0 Å². The Morgan fingerprint density at radius 1 is 1.18 bits per heavy atom. The fourth-order valence-corrected chi connectivity index (χ4v) is 3.18. The summed E-state index contributed by atoms with van der Waals surface area (Å²) < 4.78 is 0. The molecule has 118 valence electrons. The summed E-state index contributed by atoms with van der Waals surface area (Å²) in [4.78, 5) is 27.5. The van der Waals surface area contributed by atoms with E-state index in [1.54, 1.807) is 9.80 Å². The highest BCUT2D eigenvalue weighted by Gasteiger charge is 2.23. The molecule has 5 nitrogen and oxygen atoms in total. The maximum absolute atomic E-state index is 12.3. The van der Waals surface area contributed by atoms with E-state index in [9.17, 15) is 14.7 Å². The maximum Gasteiger partial charge on any atom is 0.227 e. The third kappa shape index (κ3) is 3.30. The number of amides is 2. The number of likely N-dealkylation sites (tertiary alicyclic amines) is 1. The topological polar surface area (TPSA) is 60.9 Å². The Kier molecular flexibility index (Phi) is 4.43. The first-order valence-corrected chi connectivity index (χ1v) is 7.98. The fourth-order valence-electron chi connectivity index (χ4n) is 3.18. The number of carbonyl (C=O) groups excluding carboxylic acids is 2. The van der Waals surface area contributed by atoms with E-state index in [1.807, 2.05) is 24.3 Å². The molecule has 0 aliphatic carbocycles. The number of piperidine rings is 1. The van der Waals surface area contributed by atoms with E-state index in [-0.39, 0.29) is 17.9 Å². The molecule has 2 saturated heterocycles. The third-order valence-electron chi connectivity index (χ3n) is 4.43. The molecule has 0 aromatic heterocycles. The van der Waals surface area contributed by atoms with Crippen molar-refractivity contribution in [1.82, 2.24) is 4.90 Å². The van der Waals surface area contributed by atoms with E-state index in [0.717, 1.165) is 43.6 Å². The first kappa shape index (κ1) is 15.0. The molecule has 2 fully saturated rings. The molecular formula is C17H22N2O3. The van der Waals surface area contributed by atoms with Crippen molar-refractivity contribution >= 4 is 17.5 Å². The predicted molar refractivity (Wildman–Crippen MR) is 83.6 cm³/mol. The van der Waals surface area contributed by atoms with Gasteiger partial charge in [0.1, 0.15) is 0 Å². The highest BCUT2D eigenvalue weighted by atomic mass is 16.3. The molecule has 3 rings (SSSR count). The predicted octanol–water partition coefficient (Wildman–Crippen LogP) is 1.34. The summed E-state index contributed by atoms with van der Waals surface area (Å²) in [5.41, 5.74) is 1.85. The van der Waals surface area contributed by atoms with Crippen molar-refractivity contribution in [1.29, 1.82) is 0 Å². The number of rotatable bonds is 3. The van der Waals surface area contributed by atoms with Crippen LogP contribution in [0, 0.1) is 0 Å². The van der Waals surface area contributed by atoms with Crippen molar-refractivity contribution in [2.24, 2.45) is 0 Å². The highest BCUT2D eigenvalue weighted by molar-refractivity contribution is 5.95. The van der Waals surface area contributed by atoms with Crippen LogP contribution in [-0.4, -0.2) is 47.6 Å². The van der Waals surface area contributed by atoms with Crippen molar-refractivity contribution in [3.8, 4) is 0 Å². The first-order chi connectivity index (χ1) is 10.6. The van der Waals surface area contributed by atoms with Crippen molar-refractivity contribution in [3.63, 3.8) is 0 Å². The lowest BCUT2D eigenvalue weighted by Crippen LogP contribution is -2.42. The van der Waals surface area contributed by atoms with Crippen LogP contribution in [0.15, 0.2) is 24.3 Å². The van der Waals surface area contributed by atoms with Gasteiger partial charge in [0.25, 0.3) is 0 Å². The zero-order chi connectivity index (χ0) is 15.5. The summed E-state index contributed by atoms with van der Waals surface area (Å²) in [7, 11) is 0. The number of benzene rings is 1. The largest absolute Gasteiger partial charge is 0.391 e. The minimum atomic E-state index is -0.388. The molecule has 1 N–H and O–H groups in total. The summed E-state index contributed by atoms with van der Waals surface area (Å²) in [5.74, 6) is 0.231. The lowest BCUT2D eigenvalue weighted by molar-refractivity contribution is -0.133.